The Balaban J connectivity index is 1.63. The summed E-state index contributed by atoms with van der Waals surface area (Å²) in [4.78, 5) is 28.0. The van der Waals surface area contributed by atoms with Crippen molar-refractivity contribution in [2.45, 2.75) is 135 Å². The van der Waals surface area contributed by atoms with Crippen LogP contribution in [0.2, 0.25) is 0 Å². The fourth-order valence-corrected chi connectivity index (χ4v) is 6.12. The Labute approximate surface area is 252 Å². The lowest BCUT2D eigenvalue weighted by atomic mass is 10.0. The topological polar surface area (TPSA) is 67.9 Å². The zero-order chi connectivity index (χ0) is 29.0. The average Bonchev–Trinajstić information content (AvgIpc) is 3.41. The van der Waals surface area contributed by atoms with Crippen molar-refractivity contribution in [2.75, 3.05) is 26.7 Å². The SMILES string of the molecule is CCCCCCCCCCCCCCCCCC(=O)Oc1cc(Br)cc(C(=O)NC[C@@H]2CCCN2CC)c1OC. The summed E-state index contributed by atoms with van der Waals surface area (Å²) < 4.78 is 11.9. The van der Waals surface area contributed by atoms with Gasteiger partial charge < -0.3 is 14.8 Å². The molecule has 2 rings (SSSR count). The first-order valence-electron chi connectivity index (χ1n) is 16.1. The second kappa shape index (κ2) is 21.2. The summed E-state index contributed by atoms with van der Waals surface area (Å²) in [6.45, 7) is 7.08. The Hall–Kier alpha value is -1.60. The number of benzene rings is 1. The Bertz CT molecular complexity index is 863. The van der Waals surface area contributed by atoms with Crippen LogP contribution < -0.4 is 14.8 Å². The minimum atomic E-state index is -0.290. The summed E-state index contributed by atoms with van der Waals surface area (Å²) in [7, 11) is 1.50. The summed E-state index contributed by atoms with van der Waals surface area (Å²) in [6, 6.07) is 3.77. The number of amides is 1. The first kappa shape index (κ1) is 34.6. The fraction of sp³-hybridized carbons (Fsp3) is 0.758. The van der Waals surface area contributed by atoms with E-state index >= 15 is 0 Å². The second-order valence-corrected chi connectivity index (χ2v) is 12.2. The molecule has 0 unspecified atom stereocenters. The third kappa shape index (κ3) is 13.4. The van der Waals surface area contributed by atoms with Crippen LogP contribution >= 0.6 is 15.9 Å². The molecular formula is C33H55BrN2O4. The normalized spacial score (nSPS) is 15.3. The minimum Gasteiger partial charge on any atom is -0.492 e. The van der Waals surface area contributed by atoms with Crippen molar-refractivity contribution in [1.29, 1.82) is 0 Å². The van der Waals surface area contributed by atoms with Crippen molar-refractivity contribution in [3.63, 3.8) is 0 Å². The van der Waals surface area contributed by atoms with Gasteiger partial charge in [-0.15, -0.1) is 0 Å². The zero-order valence-electron chi connectivity index (χ0n) is 25.5. The largest absolute Gasteiger partial charge is 0.492 e. The first-order valence-corrected chi connectivity index (χ1v) is 16.9. The van der Waals surface area contributed by atoms with Crippen LogP contribution in [0.15, 0.2) is 16.6 Å². The first-order chi connectivity index (χ1) is 19.5. The van der Waals surface area contributed by atoms with Gasteiger partial charge in [-0.25, -0.2) is 0 Å². The van der Waals surface area contributed by atoms with E-state index in [9.17, 15) is 9.59 Å². The van der Waals surface area contributed by atoms with Gasteiger partial charge in [-0.3, -0.25) is 14.5 Å². The summed E-state index contributed by atoms with van der Waals surface area (Å²) in [5.41, 5.74) is 0.368. The second-order valence-electron chi connectivity index (χ2n) is 11.3. The van der Waals surface area contributed by atoms with Crippen molar-refractivity contribution in [2.24, 2.45) is 0 Å². The van der Waals surface area contributed by atoms with E-state index in [0.29, 0.717) is 34.8 Å². The van der Waals surface area contributed by atoms with Crippen LogP contribution in [0.5, 0.6) is 11.5 Å². The van der Waals surface area contributed by atoms with Crippen molar-refractivity contribution in [3.8, 4) is 11.5 Å². The number of ether oxygens (including phenoxy) is 2. The smallest absolute Gasteiger partial charge is 0.311 e. The number of likely N-dealkylation sites (N-methyl/N-ethyl adjacent to an activating group) is 1. The third-order valence-corrected chi connectivity index (χ3v) is 8.54. The molecule has 1 aromatic rings. The quantitative estimate of drug-likeness (QED) is 0.0794. The number of carbonyl (C=O) groups is 2. The molecule has 1 aromatic carbocycles. The highest BCUT2D eigenvalue weighted by Crippen LogP contribution is 2.35. The summed E-state index contributed by atoms with van der Waals surface area (Å²) in [6.07, 6.45) is 21.9. The molecule has 1 amide bonds. The van der Waals surface area contributed by atoms with Crippen molar-refractivity contribution >= 4 is 27.8 Å². The molecule has 6 nitrogen and oxygen atoms in total. The van der Waals surface area contributed by atoms with Crippen LogP contribution in [0.4, 0.5) is 0 Å². The molecule has 0 radical (unpaired) electrons. The highest BCUT2D eigenvalue weighted by atomic mass is 79.9. The third-order valence-electron chi connectivity index (χ3n) is 8.08. The number of unbranched alkanes of at least 4 members (excludes halogenated alkanes) is 14. The van der Waals surface area contributed by atoms with Gasteiger partial charge in [0.15, 0.2) is 11.5 Å². The summed E-state index contributed by atoms with van der Waals surface area (Å²) in [5, 5.41) is 3.05. The van der Waals surface area contributed by atoms with E-state index in [0.717, 1.165) is 45.2 Å². The molecule has 1 N–H and O–H groups in total. The van der Waals surface area contributed by atoms with Crippen LogP contribution in [0, 0.1) is 0 Å². The standard InChI is InChI=1S/C33H55BrN2O4/c1-4-6-7-8-9-10-11-12-13-14-15-16-17-18-19-22-31(37)40-30-25-27(34)24-29(32(30)39-3)33(38)35-26-28-21-20-23-36(28)5-2/h24-25,28H,4-23,26H2,1-3H3,(H,35,38)/t28-/m0/s1. The van der Waals surface area contributed by atoms with E-state index < -0.39 is 0 Å². The molecule has 1 atom stereocenters. The van der Waals surface area contributed by atoms with Crippen molar-refractivity contribution in [1.82, 2.24) is 10.2 Å². The number of rotatable bonds is 22. The number of esters is 1. The molecule has 0 saturated carbocycles. The highest BCUT2D eigenvalue weighted by molar-refractivity contribution is 9.10. The van der Waals surface area contributed by atoms with Gasteiger partial charge in [-0.1, -0.05) is 120 Å². The van der Waals surface area contributed by atoms with Gasteiger partial charge in [0.1, 0.15) is 0 Å². The molecule has 1 heterocycles. The Morgan fingerprint density at radius 3 is 2.02 bits per heavy atom. The van der Waals surface area contributed by atoms with Crippen LogP contribution in [-0.4, -0.2) is 49.6 Å². The highest BCUT2D eigenvalue weighted by Gasteiger charge is 2.25. The van der Waals surface area contributed by atoms with Crippen molar-refractivity contribution in [3.05, 3.63) is 22.2 Å². The lowest BCUT2D eigenvalue weighted by Gasteiger charge is -2.23. The number of nitrogens with one attached hydrogen (secondary N) is 1. The average molecular weight is 624 g/mol. The number of hydrogen-bond donors (Lipinski definition) is 1. The molecule has 1 aliphatic rings. The maximum atomic E-state index is 13.0. The van der Waals surface area contributed by atoms with Gasteiger partial charge in [-0.05, 0) is 44.5 Å². The minimum absolute atomic E-state index is 0.221. The van der Waals surface area contributed by atoms with E-state index in [1.807, 2.05) is 0 Å². The number of likely N-dealkylation sites (tertiary alicyclic amines) is 1. The molecule has 228 valence electrons. The van der Waals surface area contributed by atoms with Crippen LogP contribution in [0.3, 0.4) is 0 Å². The van der Waals surface area contributed by atoms with Gasteiger partial charge in [0.2, 0.25) is 0 Å². The van der Waals surface area contributed by atoms with Gasteiger partial charge in [-0.2, -0.15) is 0 Å². The Morgan fingerprint density at radius 2 is 1.48 bits per heavy atom. The van der Waals surface area contributed by atoms with E-state index in [4.69, 9.17) is 9.47 Å². The maximum absolute atomic E-state index is 13.0. The fourth-order valence-electron chi connectivity index (χ4n) is 5.69. The lowest BCUT2D eigenvalue weighted by molar-refractivity contribution is -0.134. The molecule has 7 heteroatoms. The molecule has 0 spiro atoms. The predicted octanol–water partition coefficient (Wildman–Crippen LogP) is 8.84. The summed E-state index contributed by atoms with van der Waals surface area (Å²) >= 11 is 3.46. The number of carbonyl (C=O) groups excluding carboxylic acids is 2. The number of methoxy groups -OCH3 is 1. The van der Waals surface area contributed by atoms with Crippen molar-refractivity contribution < 1.29 is 19.1 Å². The molecule has 1 fully saturated rings. The Kier molecular flexibility index (Phi) is 18.3. The van der Waals surface area contributed by atoms with Crippen LogP contribution in [-0.2, 0) is 4.79 Å². The van der Waals surface area contributed by atoms with E-state index in [-0.39, 0.29) is 17.6 Å². The molecule has 0 aliphatic carbocycles. The number of nitrogens with zero attached hydrogens (tertiary/aromatic N) is 1. The molecular weight excluding hydrogens is 568 g/mol. The van der Waals surface area contributed by atoms with Crippen LogP contribution in [0.1, 0.15) is 140 Å². The Morgan fingerprint density at radius 1 is 0.900 bits per heavy atom. The molecule has 0 bridgehead atoms. The van der Waals surface area contributed by atoms with Crippen LogP contribution in [0.25, 0.3) is 0 Å². The van der Waals surface area contributed by atoms with Gasteiger partial charge >= 0.3 is 5.97 Å². The molecule has 1 saturated heterocycles. The zero-order valence-corrected chi connectivity index (χ0v) is 27.1. The monoisotopic (exact) mass is 622 g/mol. The van der Waals surface area contributed by atoms with Gasteiger partial charge in [0.05, 0.1) is 12.7 Å². The van der Waals surface area contributed by atoms with E-state index in [1.54, 1.807) is 12.1 Å². The van der Waals surface area contributed by atoms with Gasteiger partial charge in [0.25, 0.3) is 5.91 Å². The predicted molar refractivity (Wildman–Crippen MR) is 168 cm³/mol. The van der Waals surface area contributed by atoms with Gasteiger partial charge in [0, 0.05) is 23.5 Å². The molecule has 0 aromatic heterocycles. The van der Waals surface area contributed by atoms with E-state index in [2.05, 4.69) is 40.0 Å². The maximum Gasteiger partial charge on any atom is 0.311 e. The number of hydrogen-bond acceptors (Lipinski definition) is 5. The van der Waals surface area contributed by atoms with E-state index in [1.165, 1.54) is 84.2 Å². The number of halogens is 1. The summed E-state index contributed by atoms with van der Waals surface area (Å²) in [5.74, 6) is 0.0659. The molecule has 40 heavy (non-hydrogen) atoms. The molecule has 1 aliphatic heterocycles. The lowest BCUT2D eigenvalue weighted by Crippen LogP contribution is -2.40.